The molecule has 0 fully saturated rings. The number of methoxy groups -OCH3 is 1. The molecule has 0 saturated carbocycles. The fourth-order valence-electron chi connectivity index (χ4n) is 2.11. The summed E-state index contributed by atoms with van der Waals surface area (Å²) in [7, 11) is 1.68. The SMILES string of the molecule is CCN(CCC(N)=NO)Cc1ncc(C)c(OC)c1C. The highest BCUT2D eigenvalue weighted by molar-refractivity contribution is 5.79. The molecule has 0 aliphatic rings. The van der Waals surface area contributed by atoms with E-state index in [0.29, 0.717) is 6.42 Å². The van der Waals surface area contributed by atoms with E-state index in [9.17, 15) is 0 Å². The maximum Gasteiger partial charge on any atom is 0.140 e. The minimum atomic E-state index is 0.245. The summed E-state index contributed by atoms with van der Waals surface area (Å²) < 4.78 is 5.42. The maximum atomic E-state index is 8.57. The van der Waals surface area contributed by atoms with Gasteiger partial charge in [-0.3, -0.25) is 9.88 Å². The number of nitrogens with zero attached hydrogens (tertiary/aromatic N) is 3. The molecule has 112 valence electrons. The molecule has 0 atom stereocenters. The molecule has 0 aliphatic carbocycles. The summed E-state index contributed by atoms with van der Waals surface area (Å²) in [4.78, 5) is 6.69. The Bertz CT molecular complexity index is 474. The van der Waals surface area contributed by atoms with Crippen LogP contribution in [0.4, 0.5) is 0 Å². The molecule has 1 rings (SSSR count). The molecule has 0 saturated heterocycles. The van der Waals surface area contributed by atoms with Gasteiger partial charge in [0.15, 0.2) is 0 Å². The number of aromatic nitrogens is 1. The Hall–Kier alpha value is -1.82. The fraction of sp³-hybridized carbons (Fsp3) is 0.571. The molecule has 0 unspecified atom stereocenters. The lowest BCUT2D eigenvalue weighted by atomic mass is 10.1. The Morgan fingerprint density at radius 2 is 2.20 bits per heavy atom. The number of nitrogens with two attached hydrogens (primary N) is 1. The number of oxime groups is 1. The van der Waals surface area contributed by atoms with Crippen molar-refractivity contribution in [1.29, 1.82) is 0 Å². The minimum absolute atomic E-state index is 0.245. The van der Waals surface area contributed by atoms with Gasteiger partial charge in [0.05, 0.1) is 12.8 Å². The summed E-state index contributed by atoms with van der Waals surface area (Å²) in [6, 6.07) is 0. The molecule has 6 heteroatoms. The Morgan fingerprint density at radius 1 is 1.50 bits per heavy atom. The highest BCUT2D eigenvalue weighted by atomic mass is 16.5. The Labute approximate surface area is 120 Å². The first-order chi connectivity index (χ1) is 9.53. The predicted molar refractivity (Wildman–Crippen MR) is 79.2 cm³/mol. The number of pyridine rings is 1. The van der Waals surface area contributed by atoms with Gasteiger partial charge >= 0.3 is 0 Å². The fourth-order valence-corrected chi connectivity index (χ4v) is 2.11. The minimum Gasteiger partial charge on any atom is -0.496 e. The van der Waals surface area contributed by atoms with Crippen molar-refractivity contribution in [2.24, 2.45) is 10.9 Å². The number of amidine groups is 1. The second-order valence-corrected chi connectivity index (χ2v) is 4.76. The largest absolute Gasteiger partial charge is 0.496 e. The van der Waals surface area contributed by atoms with Gasteiger partial charge in [-0.25, -0.2) is 0 Å². The average molecular weight is 280 g/mol. The highest BCUT2D eigenvalue weighted by Crippen LogP contribution is 2.24. The quantitative estimate of drug-likeness (QED) is 0.343. The monoisotopic (exact) mass is 280 g/mol. The van der Waals surface area contributed by atoms with Crippen molar-refractivity contribution in [2.45, 2.75) is 33.7 Å². The molecule has 3 N–H and O–H groups in total. The van der Waals surface area contributed by atoms with Crippen LogP contribution >= 0.6 is 0 Å². The summed E-state index contributed by atoms with van der Waals surface area (Å²) >= 11 is 0. The molecule has 6 nitrogen and oxygen atoms in total. The van der Waals surface area contributed by atoms with Crippen molar-refractivity contribution in [3.05, 3.63) is 23.0 Å². The van der Waals surface area contributed by atoms with Gasteiger partial charge in [-0.2, -0.15) is 0 Å². The third-order valence-electron chi connectivity index (χ3n) is 3.38. The van der Waals surface area contributed by atoms with E-state index in [1.54, 1.807) is 7.11 Å². The number of aryl methyl sites for hydroxylation is 1. The van der Waals surface area contributed by atoms with Crippen molar-refractivity contribution in [3.63, 3.8) is 0 Å². The molecule has 0 spiro atoms. The third kappa shape index (κ3) is 4.09. The summed E-state index contributed by atoms with van der Waals surface area (Å²) in [6.07, 6.45) is 2.37. The van der Waals surface area contributed by atoms with Gasteiger partial charge in [0.2, 0.25) is 0 Å². The number of hydrogen-bond acceptors (Lipinski definition) is 5. The van der Waals surface area contributed by atoms with E-state index in [4.69, 9.17) is 15.7 Å². The van der Waals surface area contributed by atoms with Gasteiger partial charge in [0, 0.05) is 36.8 Å². The van der Waals surface area contributed by atoms with Crippen LogP contribution in [0, 0.1) is 13.8 Å². The molecule has 1 heterocycles. The highest BCUT2D eigenvalue weighted by Gasteiger charge is 2.12. The molecule has 0 aliphatic heterocycles. The number of hydrogen-bond donors (Lipinski definition) is 2. The first kappa shape index (κ1) is 16.2. The van der Waals surface area contributed by atoms with Crippen molar-refractivity contribution >= 4 is 5.84 Å². The molecule has 1 aromatic heterocycles. The molecule has 0 amide bonds. The number of ether oxygens (including phenoxy) is 1. The smallest absolute Gasteiger partial charge is 0.140 e. The lowest BCUT2D eigenvalue weighted by molar-refractivity contribution is 0.278. The lowest BCUT2D eigenvalue weighted by Crippen LogP contribution is -2.28. The lowest BCUT2D eigenvalue weighted by Gasteiger charge is -2.21. The van der Waals surface area contributed by atoms with E-state index in [1.807, 2.05) is 20.0 Å². The summed E-state index contributed by atoms with van der Waals surface area (Å²) in [5, 5.41) is 11.6. The second kappa shape index (κ2) is 7.69. The van der Waals surface area contributed by atoms with E-state index in [0.717, 1.165) is 42.2 Å². The van der Waals surface area contributed by atoms with Crippen LogP contribution in [0.3, 0.4) is 0 Å². The third-order valence-corrected chi connectivity index (χ3v) is 3.38. The van der Waals surface area contributed by atoms with E-state index in [2.05, 4.69) is 22.0 Å². The zero-order valence-electron chi connectivity index (χ0n) is 12.7. The molecule has 20 heavy (non-hydrogen) atoms. The van der Waals surface area contributed by atoms with E-state index in [-0.39, 0.29) is 5.84 Å². The first-order valence-electron chi connectivity index (χ1n) is 6.71. The Kier molecular flexibility index (Phi) is 6.24. The van der Waals surface area contributed by atoms with Crippen LogP contribution in [0.5, 0.6) is 5.75 Å². The zero-order valence-corrected chi connectivity index (χ0v) is 12.7. The van der Waals surface area contributed by atoms with Gasteiger partial charge in [-0.1, -0.05) is 12.1 Å². The standard InChI is InChI=1S/C14H24N4O2/c1-5-18(7-6-13(15)17-19)9-12-11(3)14(20-4)10(2)8-16-12/h8,19H,5-7,9H2,1-4H3,(H2,15,17). The predicted octanol–water partition coefficient (Wildman–Crippen LogP) is 1.67. The van der Waals surface area contributed by atoms with Crippen LogP contribution in [0.25, 0.3) is 0 Å². The Balaban J connectivity index is 2.80. The zero-order chi connectivity index (χ0) is 15.1. The van der Waals surface area contributed by atoms with Gasteiger partial charge in [-0.15, -0.1) is 0 Å². The van der Waals surface area contributed by atoms with Crippen molar-refractivity contribution in [2.75, 3.05) is 20.2 Å². The molecule has 1 aromatic rings. The molecular formula is C14H24N4O2. The van der Waals surface area contributed by atoms with Crippen LogP contribution in [-0.2, 0) is 6.54 Å². The second-order valence-electron chi connectivity index (χ2n) is 4.76. The van der Waals surface area contributed by atoms with Crippen molar-refractivity contribution in [3.8, 4) is 5.75 Å². The van der Waals surface area contributed by atoms with Crippen LogP contribution in [0.1, 0.15) is 30.2 Å². The van der Waals surface area contributed by atoms with E-state index < -0.39 is 0 Å². The van der Waals surface area contributed by atoms with Gasteiger partial charge in [0.25, 0.3) is 0 Å². The summed E-state index contributed by atoms with van der Waals surface area (Å²) in [6.45, 7) is 8.40. The molecular weight excluding hydrogens is 256 g/mol. The van der Waals surface area contributed by atoms with Gasteiger partial charge < -0.3 is 15.7 Å². The molecule has 0 aromatic carbocycles. The van der Waals surface area contributed by atoms with E-state index >= 15 is 0 Å². The topological polar surface area (TPSA) is 84.0 Å². The van der Waals surface area contributed by atoms with Crippen LogP contribution < -0.4 is 10.5 Å². The molecule has 0 bridgehead atoms. The first-order valence-corrected chi connectivity index (χ1v) is 6.71. The normalized spacial score (nSPS) is 11.9. The number of rotatable bonds is 7. The van der Waals surface area contributed by atoms with Crippen molar-refractivity contribution < 1.29 is 9.94 Å². The van der Waals surface area contributed by atoms with Gasteiger partial charge in [-0.05, 0) is 20.4 Å². The van der Waals surface area contributed by atoms with Gasteiger partial charge in [0.1, 0.15) is 11.6 Å². The van der Waals surface area contributed by atoms with Crippen LogP contribution in [-0.4, -0.2) is 41.1 Å². The summed E-state index contributed by atoms with van der Waals surface area (Å²) in [5.74, 6) is 1.14. The average Bonchev–Trinajstić information content (AvgIpc) is 2.45. The summed E-state index contributed by atoms with van der Waals surface area (Å²) in [5.41, 5.74) is 8.60. The van der Waals surface area contributed by atoms with Crippen LogP contribution in [0.15, 0.2) is 11.4 Å². The van der Waals surface area contributed by atoms with Crippen LogP contribution in [0.2, 0.25) is 0 Å². The maximum absolute atomic E-state index is 8.57. The van der Waals surface area contributed by atoms with Crippen molar-refractivity contribution in [1.82, 2.24) is 9.88 Å². The molecule has 0 radical (unpaired) electrons. The Morgan fingerprint density at radius 3 is 2.75 bits per heavy atom. The van der Waals surface area contributed by atoms with E-state index in [1.165, 1.54) is 0 Å².